The molecule has 1 aromatic heterocycles. The van der Waals surface area contributed by atoms with Crippen molar-refractivity contribution in [3.63, 3.8) is 0 Å². The molecule has 0 bridgehead atoms. The minimum absolute atomic E-state index is 0.190. The summed E-state index contributed by atoms with van der Waals surface area (Å²) in [7, 11) is 0. The van der Waals surface area contributed by atoms with Crippen molar-refractivity contribution in [2.45, 2.75) is 19.5 Å². The second-order valence-corrected chi connectivity index (χ2v) is 7.61. The molecule has 0 saturated carbocycles. The molecule has 1 N–H and O–H groups in total. The van der Waals surface area contributed by atoms with Crippen LogP contribution >= 0.6 is 11.6 Å². The third-order valence-electron chi connectivity index (χ3n) is 5.01. The number of aldehydes is 1. The summed E-state index contributed by atoms with van der Waals surface area (Å²) in [6.07, 6.45) is 2.73. The molecule has 30 heavy (non-hydrogen) atoms. The number of amides is 1. The molecule has 0 aliphatic carbocycles. The van der Waals surface area contributed by atoms with E-state index in [2.05, 4.69) is 10.4 Å². The number of hydrogen-bond donors (Lipinski definition) is 1. The van der Waals surface area contributed by atoms with Crippen LogP contribution < -0.4 is 5.32 Å². The van der Waals surface area contributed by atoms with Crippen LogP contribution in [-0.4, -0.2) is 22.0 Å². The molecule has 5 nitrogen and oxygen atoms in total. The highest BCUT2D eigenvalue weighted by atomic mass is 35.5. The second kappa shape index (κ2) is 8.51. The number of carbonyl (C=O) groups is 2. The van der Waals surface area contributed by atoms with E-state index in [1.807, 2.05) is 66.3 Å². The van der Waals surface area contributed by atoms with Gasteiger partial charge in [-0.2, -0.15) is 5.10 Å². The van der Waals surface area contributed by atoms with Gasteiger partial charge in [-0.3, -0.25) is 14.3 Å². The van der Waals surface area contributed by atoms with E-state index in [0.717, 1.165) is 22.8 Å². The van der Waals surface area contributed by atoms with Gasteiger partial charge in [0.05, 0.1) is 18.2 Å². The number of rotatable bonds is 6. The van der Waals surface area contributed by atoms with E-state index in [4.69, 9.17) is 11.6 Å². The average molecular weight is 418 g/mol. The number of carbonyl (C=O) groups excluding carboxylic acids is 2. The predicted octanol–water partition coefficient (Wildman–Crippen LogP) is 5.04. The van der Waals surface area contributed by atoms with E-state index in [0.29, 0.717) is 28.2 Å². The van der Waals surface area contributed by atoms with Gasteiger partial charge >= 0.3 is 0 Å². The van der Waals surface area contributed by atoms with Gasteiger partial charge in [-0.05, 0) is 36.2 Å². The van der Waals surface area contributed by atoms with Crippen molar-refractivity contribution in [3.05, 3.63) is 100 Å². The van der Waals surface area contributed by atoms with Gasteiger partial charge in [0.15, 0.2) is 0 Å². The molecule has 0 aliphatic heterocycles. The first-order valence-corrected chi connectivity index (χ1v) is 9.98. The van der Waals surface area contributed by atoms with E-state index in [1.165, 1.54) is 0 Å². The molecular formula is C24H20ClN3O2. The Labute approximate surface area is 179 Å². The Bertz CT molecular complexity index is 1200. The SMILES string of the molecule is C[C@H](NC(=O)c1cccc2cn(Cc3ccc(Cl)cc3)nc12)c1ccc(C=O)cc1. The number of benzene rings is 3. The molecule has 1 amide bonds. The molecule has 0 aliphatic rings. The standard InChI is InChI=1S/C24H20ClN3O2/c1-16(19-9-5-18(15-29)6-10-19)26-24(30)22-4-2-3-20-14-28(27-23(20)22)13-17-7-11-21(25)12-8-17/h2-12,14-16H,13H2,1H3,(H,26,30)/t16-/m0/s1. The first-order valence-electron chi connectivity index (χ1n) is 9.60. The lowest BCUT2D eigenvalue weighted by atomic mass is 10.1. The predicted molar refractivity (Wildman–Crippen MR) is 118 cm³/mol. The van der Waals surface area contributed by atoms with Crippen LogP contribution in [0, 0.1) is 0 Å². The van der Waals surface area contributed by atoms with E-state index in [9.17, 15) is 9.59 Å². The highest BCUT2D eigenvalue weighted by Crippen LogP contribution is 2.20. The minimum Gasteiger partial charge on any atom is -0.345 e. The van der Waals surface area contributed by atoms with Gasteiger partial charge in [0, 0.05) is 22.2 Å². The Hall–Kier alpha value is -3.44. The number of fused-ring (bicyclic) bond motifs is 1. The molecule has 1 atom stereocenters. The van der Waals surface area contributed by atoms with Gasteiger partial charge in [-0.25, -0.2) is 0 Å². The van der Waals surface area contributed by atoms with Crippen molar-refractivity contribution in [2.24, 2.45) is 0 Å². The number of halogens is 1. The lowest BCUT2D eigenvalue weighted by Crippen LogP contribution is -2.26. The fraction of sp³-hybridized carbons (Fsp3) is 0.125. The zero-order valence-corrected chi connectivity index (χ0v) is 17.1. The molecule has 4 rings (SSSR count). The van der Waals surface area contributed by atoms with Crippen molar-refractivity contribution in [1.82, 2.24) is 15.1 Å². The van der Waals surface area contributed by atoms with Gasteiger partial charge in [-0.1, -0.05) is 60.1 Å². The smallest absolute Gasteiger partial charge is 0.254 e. The van der Waals surface area contributed by atoms with E-state index in [-0.39, 0.29) is 11.9 Å². The largest absolute Gasteiger partial charge is 0.345 e. The van der Waals surface area contributed by atoms with Crippen molar-refractivity contribution in [3.8, 4) is 0 Å². The third-order valence-corrected chi connectivity index (χ3v) is 5.26. The molecule has 1 heterocycles. The maximum atomic E-state index is 12.9. The summed E-state index contributed by atoms with van der Waals surface area (Å²) in [5, 5.41) is 9.25. The molecule has 3 aromatic carbocycles. The van der Waals surface area contributed by atoms with Crippen LogP contribution in [0.4, 0.5) is 0 Å². The van der Waals surface area contributed by atoms with E-state index >= 15 is 0 Å². The highest BCUT2D eigenvalue weighted by Gasteiger charge is 2.16. The lowest BCUT2D eigenvalue weighted by molar-refractivity contribution is 0.0941. The van der Waals surface area contributed by atoms with Crippen LogP contribution in [0.3, 0.4) is 0 Å². The molecular weight excluding hydrogens is 398 g/mol. The van der Waals surface area contributed by atoms with Crippen molar-refractivity contribution >= 4 is 34.7 Å². The average Bonchev–Trinajstić information content (AvgIpc) is 3.17. The summed E-state index contributed by atoms with van der Waals surface area (Å²) in [6.45, 7) is 2.50. The quantitative estimate of drug-likeness (QED) is 0.447. The van der Waals surface area contributed by atoms with Crippen molar-refractivity contribution in [1.29, 1.82) is 0 Å². The fourth-order valence-corrected chi connectivity index (χ4v) is 3.48. The Morgan fingerprint density at radius 2 is 1.83 bits per heavy atom. The maximum Gasteiger partial charge on any atom is 0.254 e. The number of aromatic nitrogens is 2. The first kappa shape index (κ1) is 19.9. The molecule has 0 radical (unpaired) electrons. The molecule has 4 aromatic rings. The van der Waals surface area contributed by atoms with Crippen LogP contribution in [0.2, 0.25) is 5.02 Å². The minimum atomic E-state index is -0.204. The van der Waals surface area contributed by atoms with Gasteiger partial charge in [0.1, 0.15) is 11.8 Å². The lowest BCUT2D eigenvalue weighted by Gasteiger charge is -2.14. The van der Waals surface area contributed by atoms with Gasteiger partial charge < -0.3 is 5.32 Å². The second-order valence-electron chi connectivity index (χ2n) is 7.18. The van der Waals surface area contributed by atoms with Crippen LogP contribution in [-0.2, 0) is 6.54 Å². The van der Waals surface area contributed by atoms with Crippen LogP contribution in [0.15, 0.2) is 72.9 Å². The monoisotopic (exact) mass is 417 g/mol. The van der Waals surface area contributed by atoms with E-state index in [1.54, 1.807) is 18.2 Å². The van der Waals surface area contributed by atoms with Gasteiger partial charge in [-0.15, -0.1) is 0 Å². The zero-order valence-electron chi connectivity index (χ0n) is 16.4. The molecule has 0 fully saturated rings. The van der Waals surface area contributed by atoms with Crippen LogP contribution in [0.25, 0.3) is 10.9 Å². The first-order chi connectivity index (χ1) is 14.5. The van der Waals surface area contributed by atoms with Crippen LogP contribution in [0.5, 0.6) is 0 Å². The van der Waals surface area contributed by atoms with Crippen LogP contribution in [0.1, 0.15) is 44.8 Å². The Kier molecular flexibility index (Phi) is 5.63. The summed E-state index contributed by atoms with van der Waals surface area (Å²) in [4.78, 5) is 23.8. The summed E-state index contributed by atoms with van der Waals surface area (Å²) in [5.74, 6) is -0.190. The summed E-state index contributed by atoms with van der Waals surface area (Å²) >= 11 is 5.95. The normalized spacial score (nSPS) is 11.9. The number of nitrogens with one attached hydrogen (secondary N) is 1. The zero-order chi connectivity index (χ0) is 21.1. The molecule has 0 saturated heterocycles. The molecule has 150 valence electrons. The van der Waals surface area contributed by atoms with Crippen molar-refractivity contribution < 1.29 is 9.59 Å². The van der Waals surface area contributed by atoms with Gasteiger partial charge in [0.25, 0.3) is 5.91 Å². The number of nitrogens with zero attached hydrogens (tertiary/aromatic N) is 2. The Morgan fingerprint density at radius 1 is 1.10 bits per heavy atom. The van der Waals surface area contributed by atoms with E-state index < -0.39 is 0 Å². The number of hydrogen-bond acceptors (Lipinski definition) is 3. The fourth-order valence-electron chi connectivity index (χ4n) is 3.36. The summed E-state index contributed by atoms with van der Waals surface area (Å²) < 4.78 is 1.83. The molecule has 6 heteroatoms. The summed E-state index contributed by atoms with van der Waals surface area (Å²) in [6, 6.07) is 20.2. The molecule has 0 unspecified atom stereocenters. The van der Waals surface area contributed by atoms with Gasteiger partial charge in [0.2, 0.25) is 0 Å². The summed E-state index contributed by atoms with van der Waals surface area (Å²) in [5.41, 5.74) is 3.79. The molecule has 0 spiro atoms. The third kappa shape index (κ3) is 4.26. The Morgan fingerprint density at radius 3 is 2.53 bits per heavy atom. The topological polar surface area (TPSA) is 64.0 Å². The highest BCUT2D eigenvalue weighted by molar-refractivity contribution is 6.30. The van der Waals surface area contributed by atoms with Crippen molar-refractivity contribution in [2.75, 3.05) is 0 Å². The maximum absolute atomic E-state index is 12.9. The Balaban J connectivity index is 1.55.